The lowest BCUT2D eigenvalue weighted by Crippen LogP contribution is -1.94. The summed E-state index contributed by atoms with van der Waals surface area (Å²) < 4.78 is 0. The summed E-state index contributed by atoms with van der Waals surface area (Å²) in [6, 6.07) is 0. The Morgan fingerprint density at radius 1 is 0.833 bits per heavy atom. The van der Waals surface area contributed by atoms with Gasteiger partial charge in [-0.25, -0.2) is 0 Å². The fourth-order valence-electron chi connectivity index (χ4n) is 1.76. The maximum atomic E-state index is 2.46. The summed E-state index contributed by atoms with van der Waals surface area (Å²) in [5.74, 6) is 2.76. The van der Waals surface area contributed by atoms with Crippen molar-refractivity contribution in [2.45, 2.75) is 36.2 Å². The highest BCUT2D eigenvalue weighted by Crippen LogP contribution is 2.30. The van der Waals surface area contributed by atoms with Crippen LogP contribution in [0.25, 0.3) is 0 Å². The minimum absolute atomic E-state index is 0.853. The zero-order chi connectivity index (χ0) is 8.23. The normalized spacial score (nSPS) is 36.7. The molecule has 2 unspecified atom stereocenters. The van der Waals surface area contributed by atoms with Crippen molar-refractivity contribution in [3.8, 4) is 0 Å². The van der Waals surface area contributed by atoms with Gasteiger partial charge in [-0.2, -0.15) is 23.5 Å². The molecule has 0 bridgehead atoms. The molecule has 0 amide bonds. The van der Waals surface area contributed by atoms with Gasteiger partial charge in [0.1, 0.15) is 0 Å². The Kier molecular flexibility index (Phi) is 3.47. The highest BCUT2D eigenvalue weighted by molar-refractivity contribution is 8.00. The van der Waals surface area contributed by atoms with Crippen molar-refractivity contribution in [3.05, 3.63) is 12.2 Å². The van der Waals surface area contributed by atoms with Crippen molar-refractivity contribution in [2.75, 3.05) is 11.5 Å². The van der Waals surface area contributed by atoms with Gasteiger partial charge in [-0.3, -0.25) is 0 Å². The van der Waals surface area contributed by atoms with E-state index in [9.17, 15) is 0 Å². The zero-order valence-corrected chi connectivity index (χ0v) is 9.00. The molecular weight excluding hydrogens is 184 g/mol. The Labute approximate surface area is 83.6 Å². The Balaban J connectivity index is 1.75. The van der Waals surface area contributed by atoms with Crippen LogP contribution in [0.5, 0.6) is 0 Å². The average Bonchev–Trinajstić information content (AvgIpc) is 2.74. The maximum absolute atomic E-state index is 2.46. The first-order valence-electron chi connectivity index (χ1n) is 4.87. The van der Waals surface area contributed by atoms with Gasteiger partial charge in [0.15, 0.2) is 0 Å². The lowest BCUT2D eigenvalue weighted by Gasteiger charge is -2.03. The quantitative estimate of drug-likeness (QED) is 0.627. The number of rotatable bonds is 2. The lowest BCUT2D eigenvalue weighted by molar-refractivity contribution is 0.859. The van der Waals surface area contributed by atoms with Crippen LogP contribution in [-0.2, 0) is 0 Å². The molecule has 0 spiro atoms. The summed E-state index contributed by atoms with van der Waals surface area (Å²) in [6.07, 6.45) is 10.6. The second-order valence-electron chi connectivity index (χ2n) is 3.49. The molecule has 2 aliphatic heterocycles. The van der Waals surface area contributed by atoms with Crippen molar-refractivity contribution >= 4 is 23.5 Å². The molecule has 2 heterocycles. The summed E-state index contributed by atoms with van der Waals surface area (Å²) in [7, 11) is 0. The first kappa shape index (κ1) is 9.01. The monoisotopic (exact) mass is 200 g/mol. The van der Waals surface area contributed by atoms with E-state index in [1.54, 1.807) is 0 Å². The van der Waals surface area contributed by atoms with Crippen molar-refractivity contribution in [1.82, 2.24) is 0 Å². The standard InChI is InChI=1S/C10H16S2/c1-3-9(11-7-1)5-6-10-4-2-8-12-10/h5-6,9-10H,1-4,7-8H2. The topological polar surface area (TPSA) is 0 Å². The van der Waals surface area contributed by atoms with E-state index in [1.165, 1.54) is 37.2 Å². The van der Waals surface area contributed by atoms with E-state index < -0.39 is 0 Å². The molecular formula is C10H16S2. The molecule has 0 aliphatic carbocycles. The molecule has 2 saturated heterocycles. The van der Waals surface area contributed by atoms with Gasteiger partial charge in [-0.15, -0.1) is 0 Å². The fourth-order valence-corrected chi connectivity index (χ4v) is 4.10. The molecule has 0 saturated carbocycles. The third-order valence-corrected chi connectivity index (χ3v) is 5.16. The number of hydrogen-bond donors (Lipinski definition) is 0. The van der Waals surface area contributed by atoms with Crippen molar-refractivity contribution in [2.24, 2.45) is 0 Å². The van der Waals surface area contributed by atoms with Crippen LogP contribution in [0.4, 0.5) is 0 Å². The third-order valence-electron chi connectivity index (χ3n) is 2.47. The van der Waals surface area contributed by atoms with Gasteiger partial charge in [0.2, 0.25) is 0 Å². The highest BCUT2D eigenvalue weighted by atomic mass is 32.2. The first-order chi connectivity index (χ1) is 5.95. The number of thioether (sulfide) groups is 2. The van der Waals surface area contributed by atoms with Gasteiger partial charge in [0.25, 0.3) is 0 Å². The molecule has 0 aromatic rings. The molecule has 2 atom stereocenters. The summed E-state index contributed by atoms with van der Waals surface area (Å²) in [6.45, 7) is 0. The van der Waals surface area contributed by atoms with E-state index >= 15 is 0 Å². The van der Waals surface area contributed by atoms with Crippen LogP contribution in [0.1, 0.15) is 25.7 Å². The molecule has 12 heavy (non-hydrogen) atoms. The van der Waals surface area contributed by atoms with E-state index in [0.717, 1.165) is 10.5 Å². The van der Waals surface area contributed by atoms with Crippen LogP contribution in [0.3, 0.4) is 0 Å². The van der Waals surface area contributed by atoms with Gasteiger partial charge in [-0.05, 0) is 37.2 Å². The molecule has 2 aliphatic rings. The van der Waals surface area contributed by atoms with E-state index in [0.29, 0.717) is 0 Å². The summed E-state index contributed by atoms with van der Waals surface area (Å²) in [5.41, 5.74) is 0. The number of hydrogen-bond acceptors (Lipinski definition) is 2. The van der Waals surface area contributed by atoms with Gasteiger partial charge in [0, 0.05) is 10.5 Å². The summed E-state index contributed by atoms with van der Waals surface area (Å²) in [4.78, 5) is 0. The Bertz CT molecular complexity index is 135. The SMILES string of the molecule is C(=CC1CCCS1)C1CCCS1. The Morgan fingerprint density at radius 3 is 1.67 bits per heavy atom. The molecule has 2 heteroatoms. The smallest absolute Gasteiger partial charge is 0.0227 e. The van der Waals surface area contributed by atoms with Crippen LogP contribution in [-0.4, -0.2) is 22.0 Å². The largest absolute Gasteiger partial charge is 0.154 e. The van der Waals surface area contributed by atoms with Crippen molar-refractivity contribution in [3.63, 3.8) is 0 Å². The van der Waals surface area contributed by atoms with E-state index in [-0.39, 0.29) is 0 Å². The maximum Gasteiger partial charge on any atom is 0.0227 e. The molecule has 0 nitrogen and oxygen atoms in total. The molecule has 2 rings (SSSR count). The minimum Gasteiger partial charge on any atom is -0.154 e. The Hall–Kier alpha value is 0.440. The average molecular weight is 200 g/mol. The molecule has 68 valence electrons. The second-order valence-corrected chi connectivity index (χ2v) is 6.18. The Morgan fingerprint density at radius 2 is 1.33 bits per heavy atom. The van der Waals surface area contributed by atoms with Crippen LogP contribution >= 0.6 is 23.5 Å². The van der Waals surface area contributed by atoms with Crippen LogP contribution in [0.2, 0.25) is 0 Å². The summed E-state index contributed by atoms with van der Waals surface area (Å²) in [5, 5.41) is 1.71. The minimum atomic E-state index is 0.853. The molecule has 0 radical (unpaired) electrons. The van der Waals surface area contributed by atoms with Crippen LogP contribution in [0, 0.1) is 0 Å². The summed E-state index contributed by atoms with van der Waals surface area (Å²) >= 11 is 4.26. The van der Waals surface area contributed by atoms with Crippen LogP contribution < -0.4 is 0 Å². The highest BCUT2D eigenvalue weighted by Gasteiger charge is 2.15. The predicted octanol–water partition coefficient (Wildman–Crippen LogP) is 3.33. The van der Waals surface area contributed by atoms with E-state index in [4.69, 9.17) is 0 Å². The van der Waals surface area contributed by atoms with Gasteiger partial charge in [-0.1, -0.05) is 12.2 Å². The lowest BCUT2D eigenvalue weighted by atomic mass is 10.2. The molecule has 0 aromatic heterocycles. The molecule has 0 aromatic carbocycles. The fraction of sp³-hybridized carbons (Fsp3) is 0.800. The van der Waals surface area contributed by atoms with Gasteiger partial charge >= 0.3 is 0 Å². The zero-order valence-electron chi connectivity index (χ0n) is 7.37. The molecule has 2 fully saturated rings. The van der Waals surface area contributed by atoms with Gasteiger partial charge < -0.3 is 0 Å². The van der Waals surface area contributed by atoms with Crippen molar-refractivity contribution < 1.29 is 0 Å². The van der Waals surface area contributed by atoms with Gasteiger partial charge in [0.05, 0.1) is 0 Å². The predicted molar refractivity (Wildman–Crippen MR) is 60.1 cm³/mol. The molecule has 0 N–H and O–H groups in total. The first-order valence-corrected chi connectivity index (χ1v) is 6.96. The van der Waals surface area contributed by atoms with Crippen molar-refractivity contribution in [1.29, 1.82) is 0 Å². The van der Waals surface area contributed by atoms with E-state index in [2.05, 4.69) is 35.7 Å². The second kappa shape index (κ2) is 4.61. The van der Waals surface area contributed by atoms with E-state index in [1.807, 2.05) is 0 Å². The van der Waals surface area contributed by atoms with Crippen LogP contribution in [0.15, 0.2) is 12.2 Å². The third kappa shape index (κ3) is 2.46.